The van der Waals surface area contributed by atoms with E-state index >= 15 is 0 Å². The van der Waals surface area contributed by atoms with Crippen molar-refractivity contribution in [3.8, 4) is 0 Å². The van der Waals surface area contributed by atoms with E-state index in [1.807, 2.05) is 0 Å². The first-order valence-electron chi connectivity index (χ1n) is 8.27. The fourth-order valence-electron chi connectivity index (χ4n) is 3.26. The molecule has 1 N–H and O–H groups in total. The van der Waals surface area contributed by atoms with Gasteiger partial charge < -0.3 is 14.6 Å². The standard InChI is InChI=1S/C19H22N4/c1-15-3-2-4-16(11-15)12-17-13-23-14-18(5-6-19(23)21-17)22-9-7-20-8-10-22/h2-6,11,13-14,20H,7-10,12H2,1H3. The molecular weight excluding hydrogens is 284 g/mol. The molecule has 3 heterocycles. The lowest BCUT2D eigenvalue weighted by Gasteiger charge is -2.29. The molecule has 0 spiro atoms. The molecule has 0 aliphatic carbocycles. The topological polar surface area (TPSA) is 32.6 Å². The predicted molar refractivity (Wildman–Crippen MR) is 94.3 cm³/mol. The summed E-state index contributed by atoms with van der Waals surface area (Å²) in [4.78, 5) is 7.18. The van der Waals surface area contributed by atoms with Gasteiger partial charge in [-0.1, -0.05) is 29.8 Å². The molecule has 23 heavy (non-hydrogen) atoms. The third kappa shape index (κ3) is 3.08. The van der Waals surface area contributed by atoms with Gasteiger partial charge in [-0.3, -0.25) is 0 Å². The maximum Gasteiger partial charge on any atom is 0.137 e. The molecule has 1 aromatic carbocycles. The monoisotopic (exact) mass is 306 g/mol. The molecular formula is C19H22N4. The minimum Gasteiger partial charge on any atom is -0.368 e. The average Bonchev–Trinajstić information content (AvgIpc) is 2.97. The number of imidazole rings is 1. The molecule has 4 nitrogen and oxygen atoms in total. The first kappa shape index (κ1) is 14.3. The third-order valence-electron chi connectivity index (χ3n) is 4.44. The first-order valence-corrected chi connectivity index (χ1v) is 8.27. The molecule has 4 heteroatoms. The van der Waals surface area contributed by atoms with Crippen LogP contribution in [-0.4, -0.2) is 35.6 Å². The van der Waals surface area contributed by atoms with E-state index in [0.29, 0.717) is 0 Å². The summed E-state index contributed by atoms with van der Waals surface area (Å²) in [7, 11) is 0. The van der Waals surface area contributed by atoms with Crippen molar-refractivity contribution in [2.45, 2.75) is 13.3 Å². The molecule has 0 amide bonds. The minimum atomic E-state index is 0.881. The van der Waals surface area contributed by atoms with E-state index in [9.17, 15) is 0 Å². The molecule has 0 bridgehead atoms. The van der Waals surface area contributed by atoms with E-state index in [2.05, 4.69) is 70.3 Å². The van der Waals surface area contributed by atoms with Gasteiger partial charge in [0.25, 0.3) is 0 Å². The SMILES string of the molecule is Cc1cccc(Cc2cn3cc(N4CCNCC4)ccc3n2)c1. The summed E-state index contributed by atoms with van der Waals surface area (Å²) in [6, 6.07) is 13.0. The zero-order valence-electron chi connectivity index (χ0n) is 13.5. The highest BCUT2D eigenvalue weighted by atomic mass is 15.2. The van der Waals surface area contributed by atoms with Crippen LogP contribution in [0.1, 0.15) is 16.8 Å². The van der Waals surface area contributed by atoms with E-state index < -0.39 is 0 Å². The van der Waals surface area contributed by atoms with Crippen molar-refractivity contribution in [1.82, 2.24) is 14.7 Å². The maximum absolute atomic E-state index is 4.76. The number of aromatic nitrogens is 2. The Balaban J connectivity index is 1.60. The Hall–Kier alpha value is -2.33. The highest BCUT2D eigenvalue weighted by Crippen LogP contribution is 2.18. The molecule has 1 aliphatic rings. The summed E-state index contributed by atoms with van der Waals surface area (Å²) < 4.78 is 2.16. The van der Waals surface area contributed by atoms with Gasteiger partial charge in [0.15, 0.2) is 0 Å². The van der Waals surface area contributed by atoms with Crippen molar-refractivity contribution in [2.75, 3.05) is 31.1 Å². The molecule has 3 aromatic rings. The normalized spacial score (nSPS) is 15.3. The molecule has 2 aromatic heterocycles. The van der Waals surface area contributed by atoms with Gasteiger partial charge in [-0.2, -0.15) is 0 Å². The fourth-order valence-corrected chi connectivity index (χ4v) is 3.26. The number of aryl methyl sites for hydroxylation is 1. The van der Waals surface area contributed by atoms with Crippen LogP contribution in [0, 0.1) is 6.92 Å². The smallest absolute Gasteiger partial charge is 0.137 e. The highest BCUT2D eigenvalue weighted by Gasteiger charge is 2.11. The Morgan fingerprint density at radius 3 is 2.78 bits per heavy atom. The number of anilines is 1. The summed E-state index contributed by atoms with van der Waals surface area (Å²) in [6.45, 7) is 6.38. The van der Waals surface area contributed by atoms with Crippen LogP contribution in [0.25, 0.3) is 5.65 Å². The van der Waals surface area contributed by atoms with Crippen molar-refractivity contribution in [3.63, 3.8) is 0 Å². The number of nitrogens with one attached hydrogen (secondary N) is 1. The van der Waals surface area contributed by atoms with E-state index in [-0.39, 0.29) is 0 Å². The minimum absolute atomic E-state index is 0.881. The van der Waals surface area contributed by atoms with Crippen molar-refractivity contribution in [1.29, 1.82) is 0 Å². The number of hydrogen-bond donors (Lipinski definition) is 1. The van der Waals surface area contributed by atoms with Gasteiger partial charge in [0.1, 0.15) is 5.65 Å². The lowest BCUT2D eigenvalue weighted by Crippen LogP contribution is -2.43. The number of benzene rings is 1. The Morgan fingerprint density at radius 2 is 1.96 bits per heavy atom. The summed E-state index contributed by atoms with van der Waals surface area (Å²) >= 11 is 0. The van der Waals surface area contributed by atoms with E-state index in [1.54, 1.807) is 0 Å². The van der Waals surface area contributed by atoms with Crippen molar-refractivity contribution < 1.29 is 0 Å². The lowest BCUT2D eigenvalue weighted by atomic mass is 10.1. The predicted octanol–water partition coefficient (Wildman–Crippen LogP) is 2.64. The highest BCUT2D eigenvalue weighted by molar-refractivity contribution is 5.53. The number of nitrogens with zero attached hydrogens (tertiary/aromatic N) is 3. The zero-order chi connectivity index (χ0) is 15.6. The zero-order valence-corrected chi connectivity index (χ0v) is 13.5. The Labute approximate surface area is 136 Å². The quantitative estimate of drug-likeness (QED) is 0.807. The van der Waals surface area contributed by atoms with E-state index in [4.69, 9.17) is 4.98 Å². The van der Waals surface area contributed by atoms with Crippen LogP contribution in [0.5, 0.6) is 0 Å². The molecule has 1 fully saturated rings. The van der Waals surface area contributed by atoms with E-state index in [0.717, 1.165) is 43.9 Å². The molecule has 0 saturated carbocycles. The van der Waals surface area contributed by atoms with Crippen molar-refractivity contribution in [2.24, 2.45) is 0 Å². The number of pyridine rings is 1. The summed E-state index contributed by atoms with van der Waals surface area (Å²) in [5.74, 6) is 0. The van der Waals surface area contributed by atoms with Crippen LogP contribution in [0.3, 0.4) is 0 Å². The van der Waals surface area contributed by atoms with Gasteiger partial charge in [-0.25, -0.2) is 4.98 Å². The molecule has 4 rings (SSSR count). The molecule has 118 valence electrons. The van der Waals surface area contributed by atoms with Gasteiger partial charge in [-0.15, -0.1) is 0 Å². The Kier molecular flexibility index (Phi) is 3.75. The number of piperazine rings is 1. The summed E-state index contributed by atoms with van der Waals surface area (Å²) in [5.41, 5.74) is 6.03. The Morgan fingerprint density at radius 1 is 1.09 bits per heavy atom. The maximum atomic E-state index is 4.76. The number of hydrogen-bond acceptors (Lipinski definition) is 3. The van der Waals surface area contributed by atoms with Crippen LogP contribution < -0.4 is 10.2 Å². The summed E-state index contributed by atoms with van der Waals surface area (Å²) in [5, 5.41) is 3.40. The van der Waals surface area contributed by atoms with Gasteiger partial charge in [0, 0.05) is 45.0 Å². The lowest BCUT2D eigenvalue weighted by molar-refractivity contribution is 0.588. The van der Waals surface area contributed by atoms with Gasteiger partial charge >= 0.3 is 0 Å². The van der Waals surface area contributed by atoms with Crippen LogP contribution in [0.15, 0.2) is 48.8 Å². The molecule has 0 radical (unpaired) electrons. The largest absolute Gasteiger partial charge is 0.368 e. The van der Waals surface area contributed by atoms with Crippen LogP contribution in [-0.2, 0) is 6.42 Å². The second-order valence-electron chi connectivity index (χ2n) is 6.29. The van der Waals surface area contributed by atoms with Crippen LogP contribution in [0.2, 0.25) is 0 Å². The van der Waals surface area contributed by atoms with Crippen LogP contribution in [0.4, 0.5) is 5.69 Å². The van der Waals surface area contributed by atoms with Crippen molar-refractivity contribution >= 4 is 11.3 Å². The van der Waals surface area contributed by atoms with Gasteiger partial charge in [0.05, 0.1) is 11.4 Å². The first-order chi connectivity index (χ1) is 11.3. The number of fused-ring (bicyclic) bond motifs is 1. The average molecular weight is 306 g/mol. The third-order valence-corrected chi connectivity index (χ3v) is 4.44. The Bertz CT molecular complexity index is 815. The second kappa shape index (κ2) is 6.05. The number of rotatable bonds is 3. The fraction of sp³-hybridized carbons (Fsp3) is 0.316. The molecule has 0 unspecified atom stereocenters. The second-order valence-corrected chi connectivity index (χ2v) is 6.29. The van der Waals surface area contributed by atoms with Crippen molar-refractivity contribution in [3.05, 3.63) is 65.6 Å². The van der Waals surface area contributed by atoms with Crippen LogP contribution >= 0.6 is 0 Å². The van der Waals surface area contributed by atoms with Gasteiger partial charge in [-0.05, 0) is 24.6 Å². The van der Waals surface area contributed by atoms with Gasteiger partial charge in [0.2, 0.25) is 0 Å². The van der Waals surface area contributed by atoms with E-state index in [1.165, 1.54) is 16.8 Å². The molecule has 1 saturated heterocycles. The molecule has 1 aliphatic heterocycles. The summed E-state index contributed by atoms with van der Waals surface area (Å²) in [6.07, 6.45) is 5.24. The molecule has 0 atom stereocenters.